The fourth-order valence-corrected chi connectivity index (χ4v) is 2.56. The Balaban J connectivity index is 1.49. The lowest BCUT2D eigenvalue weighted by Crippen LogP contribution is -2.25. The Morgan fingerprint density at radius 3 is 3.14 bits per heavy atom. The minimum Gasteiger partial charge on any atom is -0.355 e. The second-order valence-electron chi connectivity index (χ2n) is 4.43. The average Bonchev–Trinajstić information content (AvgIpc) is 3.25. The van der Waals surface area contributed by atoms with Gasteiger partial charge in [-0.05, 0) is 23.9 Å². The van der Waals surface area contributed by atoms with Gasteiger partial charge in [-0.3, -0.25) is 9.48 Å². The molecule has 21 heavy (non-hydrogen) atoms. The molecule has 7 heteroatoms. The summed E-state index contributed by atoms with van der Waals surface area (Å²) in [7, 11) is 0. The van der Waals surface area contributed by atoms with Crippen molar-refractivity contribution in [1.82, 2.24) is 20.3 Å². The zero-order valence-corrected chi connectivity index (χ0v) is 12.0. The van der Waals surface area contributed by atoms with Gasteiger partial charge >= 0.3 is 0 Å². The van der Waals surface area contributed by atoms with Gasteiger partial charge in [-0.1, -0.05) is 11.2 Å². The highest BCUT2D eigenvalue weighted by molar-refractivity contribution is 7.13. The zero-order valence-electron chi connectivity index (χ0n) is 11.2. The number of rotatable bonds is 6. The van der Waals surface area contributed by atoms with Crippen molar-refractivity contribution in [1.29, 1.82) is 0 Å². The number of amides is 1. The summed E-state index contributed by atoms with van der Waals surface area (Å²) >= 11 is 1.55. The number of hydrogen-bond donors (Lipinski definition) is 1. The van der Waals surface area contributed by atoms with Crippen LogP contribution in [-0.4, -0.2) is 27.4 Å². The molecule has 0 aromatic carbocycles. The van der Waals surface area contributed by atoms with E-state index in [1.165, 1.54) is 0 Å². The standard InChI is InChI=1S/C14H14N4O2S/c19-14(15-5-2-7-18-8-3-6-16-18)11-10-12(20-17-11)13-4-1-9-21-13/h1,3-4,6,8-10H,2,5,7H2,(H,15,19). The largest absolute Gasteiger partial charge is 0.355 e. The summed E-state index contributed by atoms with van der Waals surface area (Å²) in [5.74, 6) is 0.397. The van der Waals surface area contributed by atoms with Crippen LogP contribution in [0.3, 0.4) is 0 Å². The van der Waals surface area contributed by atoms with Crippen LogP contribution in [0.2, 0.25) is 0 Å². The van der Waals surface area contributed by atoms with Gasteiger partial charge in [0.05, 0.1) is 4.88 Å². The van der Waals surface area contributed by atoms with Crippen molar-refractivity contribution in [2.24, 2.45) is 0 Å². The third-order valence-corrected chi connectivity index (χ3v) is 3.80. The van der Waals surface area contributed by atoms with Crippen LogP contribution in [0.25, 0.3) is 10.6 Å². The summed E-state index contributed by atoms with van der Waals surface area (Å²) in [5.41, 5.74) is 0.303. The monoisotopic (exact) mass is 302 g/mol. The molecule has 0 aliphatic carbocycles. The van der Waals surface area contributed by atoms with E-state index in [-0.39, 0.29) is 5.91 Å². The molecule has 0 aliphatic heterocycles. The van der Waals surface area contributed by atoms with Crippen molar-refractivity contribution < 1.29 is 9.32 Å². The van der Waals surface area contributed by atoms with Crippen LogP contribution < -0.4 is 5.32 Å². The molecule has 0 aliphatic rings. The fourth-order valence-electron chi connectivity index (χ4n) is 1.88. The van der Waals surface area contributed by atoms with Gasteiger partial charge in [0, 0.05) is 31.5 Å². The zero-order chi connectivity index (χ0) is 14.5. The molecular formula is C14H14N4O2S. The number of aryl methyl sites for hydroxylation is 1. The molecule has 3 heterocycles. The number of carbonyl (C=O) groups excluding carboxylic acids is 1. The predicted molar refractivity (Wildman–Crippen MR) is 79.0 cm³/mol. The summed E-state index contributed by atoms with van der Waals surface area (Å²) < 4.78 is 7.01. The first-order chi connectivity index (χ1) is 10.3. The van der Waals surface area contributed by atoms with Crippen molar-refractivity contribution in [3.05, 3.63) is 47.7 Å². The van der Waals surface area contributed by atoms with Gasteiger partial charge in [-0.15, -0.1) is 11.3 Å². The van der Waals surface area contributed by atoms with Crippen LogP contribution in [0.5, 0.6) is 0 Å². The van der Waals surface area contributed by atoms with E-state index in [0.29, 0.717) is 18.0 Å². The van der Waals surface area contributed by atoms with E-state index in [1.807, 2.05) is 34.5 Å². The lowest BCUT2D eigenvalue weighted by molar-refractivity contribution is 0.0943. The fraction of sp³-hybridized carbons (Fsp3) is 0.214. The second kappa shape index (κ2) is 6.36. The molecule has 6 nitrogen and oxygen atoms in total. The lowest BCUT2D eigenvalue weighted by atomic mass is 10.3. The van der Waals surface area contributed by atoms with E-state index in [0.717, 1.165) is 17.8 Å². The molecule has 3 aromatic heterocycles. The van der Waals surface area contributed by atoms with Crippen molar-refractivity contribution in [2.75, 3.05) is 6.54 Å². The van der Waals surface area contributed by atoms with Gasteiger partial charge in [0.2, 0.25) is 0 Å². The van der Waals surface area contributed by atoms with Gasteiger partial charge in [0.15, 0.2) is 11.5 Å². The minimum absolute atomic E-state index is 0.220. The molecule has 0 atom stereocenters. The Bertz CT molecular complexity index is 688. The first-order valence-corrected chi connectivity index (χ1v) is 7.47. The number of hydrogen-bond acceptors (Lipinski definition) is 5. The third-order valence-electron chi connectivity index (χ3n) is 2.92. The molecule has 0 unspecified atom stereocenters. The summed E-state index contributed by atoms with van der Waals surface area (Å²) in [5, 5.41) is 12.7. The van der Waals surface area contributed by atoms with Gasteiger partial charge in [0.1, 0.15) is 0 Å². The maximum atomic E-state index is 11.9. The SMILES string of the molecule is O=C(NCCCn1cccn1)c1cc(-c2cccs2)on1. The van der Waals surface area contributed by atoms with Crippen LogP contribution in [0.15, 0.2) is 46.6 Å². The molecule has 1 N–H and O–H groups in total. The number of nitrogens with zero attached hydrogens (tertiary/aromatic N) is 3. The van der Waals surface area contributed by atoms with E-state index in [2.05, 4.69) is 15.6 Å². The number of thiophene rings is 1. The highest BCUT2D eigenvalue weighted by atomic mass is 32.1. The molecule has 1 amide bonds. The summed E-state index contributed by atoms with van der Waals surface area (Å²) in [6.07, 6.45) is 4.44. The van der Waals surface area contributed by atoms with E-state index in [1.54, 1.807) is 23.6 Å². The molecule has 0 saturated heterocycles. The number of carbonyl (C=O) groups is 1. The molecular weight excluding hydrogens is 288 g/mol. The lowest BCUT2D eigenvalue weighted by Gasteiger charge is -2.03. The normalized spacial score (nSPS) is 10.7. The molecule has 0 spiro atoms. The molecule has 0 fully saturated rings. The van der Waals surface area contributed by atoms with Crippen molar-refractivity contribution >= 4 is 17.2 Å². The molecule has 108 valence electrons. The Labute approximate surface area is 125 Å². The van der Waals surface area contributed by atoms with E-state index >= 15 is 0 Å². The van der Waals surface area contributed by atoms with E-state index in [4.69, 9.17) is 4.52 Å². The highest BCUT2D eigenvalue weighted by Gasteiger charge is 2.13. The highest BCUT2D eigenvalue weighted by Crippen LogP contribution is 2.24. The Hall–Kier alpha value is -2.41. The van der Waals surface area contributed by atoms with Crippen LogP contribution in [-0.2, 0) is 6.54 Å². The summed E-state index contributed by atoms with van der Waals surface area (Å²) in [6.45, 7) is 1.34. The average molecular weight is 302 g/mol. The van der Waals surface area contributed by atoms with Crippen LogP contribution >= 0.6 is 11.3 Å². The van der Waals surface area contributed by atoms with E-state index in [9.17, 15) is 4.79 Å². The van der Waals surface area contributed by atoms with Crippen LogP contribution in [0.1, 0.15) is 16.9 Å². The quantitative estimate of drug-likeness (QED) is 0.710. The minimum atomic E-state index is -0.220. The van der Waals surface area contributed by atoms with Crippen molar-refractivity contribution in [2.45, 2.75) is 13.0 Å². The number of aromatic nitrogens is 3. The van der Waals surface area contributed by atoms with Crippen LogP contribution in [0, 0.1) is 0 Å². The molecule has 0 saturated carbocycles. The van der Waals surface area contributed by atoms with Gasteiger partial charge in [0.25, 0.3) is 5.91 Å². The summed E-state index contributed by atoms with van der Waals surface area (Å²) in [6, 6.07) is 7.39. The maximum absolute atomic E-state index is 11.9. The van der Waals surface area contributed by atoms with Crippen molar-refractivity contribution in [3.8, 4) is 10.6 Å². The number of nitrogens with one attached hydrogen (secondary N) is 1. The Morgan fingerprint density at radius 2 is 2.38 bits per heavy atom. The second-order valence-corrected chi connectivity index (χ2v) is 5.38. The first-order valence-electron chi connectivity index (χ1n) is 6.59. The predicted octanol–water partition coefficient (Wildman–Crippen LogP) is 2.42. The Kier molecular flexibility index (Phi) is 4.11. The maximum Gasteiger partial charge on any atom is 0.273 e. The molecule has 0 radical (unpaired) electrons. The molecule has 3 aromatic rings. The van der Waals surface area contributed by atoms with Gasteiger partial charge in [-0.2, -0.15) is 5.10 Å². The van der Waals surface area contributed by atoms with Gasteiger partial charge in [-0.25, -0.2) is 0 Å². The molecule has 0 bridgehead atoms. The Morgan fingerprint density at radius 1 is 1.43 bits per heavy atom. The smallest absolute Gasteiger partial charge is 0.273 e. The first kappa shape index (κ1) is 13.6. The summed E-state index contributed by atoms with van der Waals surface area (Å²) in [4.78, 5) is 12.9. The molecule has 3 rings (SSSR count). The van der Waals surface area contributed by atoms with Crippen molar-refractivity contribution in [3.63, 3.8) is 0 Å². The third kappa shape index (κ3) is 3.38. The van der Waals surface area contributed by atoms with Gasteiger partial charge < -0.3 is 9.84 Å². The van der Waals surface area contributed by atoms with E-state index < -0.39 is 0 Å². The topological polar surface area (TPSA) is 73.0 Å². The van der Waals surface area contributed by atoms with Crippen LogP contribution in [0.4, 0.5) is 0 Å².